The summed E-state index contributed by atoms with van der Waals surface area (Å²) in [5.41, 5.74) is 1.30. The molecule has 2 amide bonds. The minimum atomic E-state index is -3.81. The highest BCUT2D eigenvalue weighted by atomic mass is 35.5. The first-order chi connectivity index (χ1) is 14.6. The number of benzene rings is 2. The van der Waals surface area contributed by atoms with E-state index in [2.05, 4.69) is 10.3 Å². The predicted molar refractivity (Wildman–Crippen MR) is 121 cm³/mol. The average Bonchev–Trinajstić information content (AvgIpc) is 3.18. The van der Waals surface area contributed by atoms with Crippen LogP contribution in [0.2, 0.25) is 5.02 Å². The van der Waals surface area contributed by atoms with Gasteiger partial charge in [0.1, 0.15) is 0 Å². The second kappa shape index (κ2) is 7.69. The summed E-state index contributed by atoms with van der Waals surface area (Å²) in [5, 5.41) is 4.09. The molecular formula is C22H22ClN3O4S. The summed E-state index contributed by atoms with van der Waals surface area (Å²) in [4.78, 5) is 28.6. The Balaban J connectivity index is 1.52. The summed E-state index contributed by atoms with van der Waals surface area (Å²) in [7, 11) is -3.81. The van der Waals surface area contributed by atoms with Crippen LogP contribution < -0.4 is 9.62 Å². The summed E-state index contributed by atoms with van der Waals surface area (Å²) < 4.78 is 25.8. The predicted octanol–water partition coefficient (Wildman–Crippen LogP) is 3.50. The molecule has 2 aromatic carbocycles. The van der Waals surface area contributed by atoms with Crippen molar-refractivity contribution in [3.8, 4) is 0 Å². The Morgan fingerprint density at radius 2 is 1.97 bits per heavy atom. The van der Waals surface area contributed by atoms with Crippen LogP contribution in [0.3, 0.4) is 0 Å². The number of hydrogen-bond acceptors (Lipinski definition) is 4. The van der Waals surface area contributed by atoms with E-state index in [-0.39, 0.29) is 22.0 Å². The molecule has 1 fully saturated rings. The molecule has 2 heterocycles. The molecule has 0 aliphatic carbocycles. The lowest BCUT2D eigenvalue weighted by Gasteiger charge is -2.18. The second-order valence-electron chi connectivity index (χ2n) is 8.24. The third-order valence-electron chi connectivity index (χ3n) is 5.37. The SMILES string of the molecule is CC1(C)CS(=O)(=O)N(c2ccc(Cl)c(C(=O)NCCc3c[nH]c4ccccc34)c2)C1=O. The summed E-state index contributed by atoms with van der Waals surface area (Å²) in [5.74, 6) is -1.25. The molecule has 7 nitrogen and oxygen atoms in total. The number of aromatic nitrogens is 1. The molecule has 1 saturated heterocycles. The smallest absolute Gasteiger partial charge is 0.252 e. The number of anilines is 1. The van der Waals surface area contributed by atoms with Crippen LogP contribution in [0.4, 0.5) is 5.69 Å². The van der Waals surface area contributed by atoms with E-state index in [0.29, 0.717) is 13.0 Å². The first kappa shape index (κ1) is 21.4. The number of nitrogens with one attached hydrogen (secondary N) is 2. The molecule has 9 heteroatoms. The van der Waals surface area contributed by atoms with Crippen LogP contribution in [0.1, 0.15) is 29.8 Å². The van der Waals surface area contributed by atoms with E-state index in [4.69, 9.17) is 11.6 Å². The van der Waals surface area contributed by atoms with E-state index >= 15 is 0 Å². The van der Waals surface area contributed by atoms with Gasteiger partial charge in [0.2, 0.25) is 15.9 Å². The summed E-state index contributed by atoms with van der Waals surface area (Å²) in [6, 6.07) is 12.1. The number of sulfonamides is 1. The van der Waals surface area contributed by atoms with Crippen molar-refractivity contribution in [1.82, 2.24) is 10.3 Å². The molecule has 31 heavy (non-hydrogen) atoms. The fourth-order valence-electron chi connectivity index (χ4n) is 3.82. The van der Waals surface area contributed by atoms with E-state index in [1.165, 1.54) is 18.2 Å². The zero-order valence-corrected chi connectivity index (χ0v) is 18.7. The highest BCUT2D eigenvalue weighted by Crippen LogP contribution is 2.36. The van der Waals surface area contributed by atoms with Gasteiger partial charge in [-0.2, -0.15) is 0 Å². The number of hydrogen-bond donors (Lipinski definition) is 2. The number of halogens is 1. The van der Waals surface area contributed by atoms with Gasteiger partial charge >= 0.3 is 0 Å². The van der Waals surface area contributed by atoms with Crippen LogP contribution in [-0.2, 0) is 21.2 Å². The van der Waals surface area contributed by atoms with Crippen LogP contribution in [0.25, 0.3) is 10.9 Å². The number of para-hydroxylation sites is 1. The molecule has 1 aliphatic heterocycles. The number of amides is 2. The largest absolute Gasteiger partial charge is 0.361 e. The maximum atomic E-state index is 12.7. The van der Waals surface area contributed by atoms with Crippen LogP contribution in [0.15, 0.2) is 48.7 Å². The molecule has 1 aromatic heterocycles. The van der Waals surface area contributed by atoms with E-state index < -0.39 is 27.3 Å². The molecule has 0 radical (unpaired) electrons. The van der Waals surface area contributed by atoms with Gasteiger partial charge in [-0.25, -0.2) is 12.7 Å². The van der Waals surface area contributed by atoms with Crippen LogP contribution in [0.5, 0.6) is 0 Å². The minimum absolute atomic E-state index is 0.113. The monoisotopic (exact) mass is 459 g/mol. The highest BCUT2D eigenvalue weighted by molar-refractivity contribution is 7.94. The standard InChI is InChI=1S/C22H22ClN3O4S/c1-22(2)13-31(29,30)26(21(22)28)15-7-8-18(23)17(11-15)20(27)24-10-9-14-12-25-19-6-4-3-5-16(14)19/h3-8,11-12,25H,9-10,13H2,1-2H3,(H,24,27). The van der Waals surface area contributed by atoms with Gasteiger partial charge in [-0.15, -0.1) is 0 Å². The summed E-state index contributed by atoms with van der Waals surface area (Å²) in [6.07, 6.45) is 2.52. The van der Waals surface area contributed by atoms with Crippen molar-refractivity contribution in [2.75, 3.05) is 16.6 Å². The normalized spacial score (nSPS) is 17.3. The van der Waals surface area contributed by atoms with Crippen LogP contribution >= 0.6 is 11.6 Å². The van der Waals surface area contributed by atoms with Gasteiger partial charge in [0, 0.05) is 23.6 Å². The van der Waals surface area contributed by atoms with Crippen molar-refractivity contribution >= 4 is 50.0 Å². The fourth-order valence-corrected chi connectivity index (χ4v) is 6.12. The van der Waals surface area contributed by atoms with E-state index in [1.54, 1.807) is 13.8 Å². The van der Waals surface area contributed by atoms with Gasteiger partial charge in [0.15, 0.2) is 0 Å². The number of fused-ring (bicyclic) bond motifs is 1. The number of rotatable bonds is 5. The van der Waals surface area contributed by atoms with E-state index in [1.807, 2.05) is 30.5 Å². The topological polar surface area (TPSA) is 99.3 Å². The maximum Gasteiger partial charge on any atom is 0.252 e. The molecule has 0 atom stereocenters. The van der Waals surface area contributed by atoms with Gasteiger partial charge in [-0.05, 0) is 50.1 Å². The van der Waals surface area contributed by atoms with Gasteiger partial charge < -0.3 is 10.3 Å². The first-order valence-electron chi connectivity index (χ1n) is 9.80. The Hall–Kier alpha value is -2.84. The molecule has 0 bridgehead atoms. The van der Waals surface area contributed by atoms with Crippen molar-refractivity contribution in [2.45, 2.75) is 20.3 Å². The summed E-state index contributed by atoms with van der Waals surface area (Å²) >= 11 is 6.20. The number of H-pyrrole nitrogens is 1. The van der Waals surface area contributed by atoms with Gasteiger partial charge in [-0.3, -0.25) is 9.59 Å². The lowest BCUT2D eigenvalue weighted by Crippen LogP contribution is -2.33. The Morgan fingerprint density at radius 3 is 2.68 bits per heavy atom. The molecule has 2 N–H and O–H groups in total. The van der Waals surface area contributed by atoms with Gasteiger partial charge in [0.05, 0.1) is 27.4 Å². The Kier molecular flexibility index (Phi) is 5.31. The van der Waals surface area contributed by atoms with E-state index in [9.17, 15) is 18.0 Å². The number of nitrogens with zero attached hydrogens (tertiary/aromatic N) is 1. The number of carbonyl (C=O) groups excluding carboxylic acids is 2. The Labute approximate surface area is 185 Å². The molecule has 0 spiro atoms. The molecule has 4 rings (SSSR count). The number of carbonyl (C=O) groups is 2. The second-order valence-corrected chi connectivity index (χ2v) is 10.5. The molecule has 3 aromatic rings. The molecular weight excluding hydrogens is 438 g/mol. The zero-order chi connectivity index (χ0) is 22.4. The zero-order valence-electron chi connectivity index (χ0n) is 17.1. The lowest BCUT2D eigenvalue weighted by molar-refractivity contribution is -0.123. The van der Waals surface area contributed by atoms with Crippen molar-refractivity contribution in [1.29, 1.82) is 0 Å². The Bertz CT molecular complexity index is 1300. The Morgan fingerprint density at radius 1 is 1.23 bits per heavy atom. The average molecular weight is 460 g/mol. The first-order valence-corrected chi connectivity index (χ1v) is 11.8. The van der Waals surface area contributed by atoms with Gasteiger partial charge in [0.25, 0.3) is 5.91 Å². The van der Waals surface area contributed by atoms with Crippen LogP contribution in [0, 0.1) is 5.41 Å². The van der Waals surface area contributed by atoms with Crippen molar-refractivity contribution in [2.24, 2.45) is 5.41 Å². The molecule has 162 valence electrons. The van der Waals surface area contributed by atoms with Gasteiger partial charge in [-0.1, -0.05) is 29.8 Å². The van der Waals surface area contributed by atoms with E-state index in [0.717, 1.165) is 20.8 Å². The fraction of sp³-hybridized carbons (Fsp3) is 0.273. The minimum Gasteiger partial charge on any atom is -0.361 e. The molecule has 0 unspecified atom stereocenters. The van der Waals surface area contributed by atoms with Crippen molar-refractivity contribution < 1.29 is 18.0 Å². The molecule has 1 aliphatic rings. The quantitative estimate of drug-likeness (QED) is 0.610. The maximum absolute atomic E-state index is 12.7. The lowest BCUT2D eigenvalue weighted by atomic mass is 9.95. The third-order valence-corrected chi connectivity index (χ3v) is 7.72. The van der Waals surface area contributed by atoms with Crippen molar-refractivity contribution in [3.63, 3.8) is 0 Å². The molecule has 0 saturated carbocycles. The third kappa shape index (κ3) is 3.93. The van der Waals surface area contributed by atoms with Crippen LogP contribution in [-0.4, -0.2) is 37.5 Å². The van der Waals surface area contributed by atoms with Crippen molar-refractivity contribution in [3.05, 3.63) is 64.8 Å². The highest BCUT2D eigenvalue weighted by Gasteiger charge is 2.50. The summed E-state index contributed by atoms with van der Waals surface area (Å²) in [6.45, 7) is 3.54. The number of aromatic amines is 1.